The lowest BCUT2D eigenvalue weighted by Crippen LogP contribution is -2.13. The lowest BCUT2D eigenvalue weighted by atomic mass is 10.2. The van der Waals surface area contributed by atoms with Crippen molar-refractivity contribution >= 4 is 28.6 Å². The Morgan fingerprint density at radius 3 is 2.19 bits per heavy atom. The predicted molar refractivity (Wildman–Crippen MR) is 94.1 cm³/mol. The first-order valence-corrected chi connectivity index (χ1v) is 9.71. The molecule has 0 aliphatic rings. The molecule has 0 saturated carbocycles. The van der Waals surface area contributed by atoms with Crippen molar-refractivity contribution in [2.45, 2.75) is 58.3 Å². The molecule has 4 nitrogen and oxygen atoms in total. The first-order valence-electron chi connectivity index (χ1n) is 8.18. The normalized spacial score (nSPS) is 10.8. The van der Waals surface area contributed by atoms with Gasteiger partial charge in [0, 0.05) is 13.0 Å². The van der Waals surface area contributed by atoms with Crippen molar-refractivity contribution in [3.8, 4) is 0 Å². The lowest BCUT2D eigenvalue weighted by molar-refractivity contribution is -0.145. The fourth-order valence-corrected chi connectivity index (χ4v) is 2.32. The van der Waals surface area contributed by atoms with Gasteiger partial charge in [-0.15, -0.1) is 0 Å². The lowest BCUT2D eigenvalue weighted by Gasteiger charge is -2.07. The van der Waals surface area contributed by atoms with Crippen LogP contribution in [0.3, 0.4) is 0 Å². The molecule has 0 rings (SSSR count). The van der Waals surface area contributed by atoms with Crippen molar-refractivity contribution in [1.82, 2.24) is 0 Å². The number of hydrogen-bond donors (Lipinski definition) is 0. The molecule has 126 valence electrons. The van der Waals surface area contributed by atoms with Crippen molar-refractivity contribution in [3.05, 3.63) is 0 Å². The Balaban J connectivity index is 3.06. The van der Waals surface area contributed by atoms with E-state index in [1.165, 1.54) is 23.7 Å². The van der Waals surface area contributed by atoms with Gasteiger partial charge in [0.15, 0.2) is 0 Å². The minimum absolute atomic E-state index is 0.116. The van der Waals surface area contributed by atoms with Crippen LogP contribution >= 0.6 is 22.6 Å². The van der Waals surface area contributed by atoms with Crippen LogP contribution < -0.4 is 0 Å². The highest BCUT2D eigenvalue weighted by atomic mass is 127. The molecule has 0 bridgehead atoms. The zero-order valence-corrected chi connectivity index (χ0v) is 15.6. The van der Waals surface area contributed by atoms with E-state index in [1.807, 2.05) is 0 Å². The standard InChI is InChI=1S/C16H31IO4/c1-2-3-6-9-16(18)21-15-14-20-13-12-19-11-8-5-4-7-10-17/h2-15H2,1H3. The molecule has 0 atom stereocenters. The first kappa shape index (κ1) is 21.1. The van der Waals surface area contributed by atoms with Crippen LogP contribution in [-0.4, -0.2) is 43.4 Å². The smallest absolute Gasteiger partial charge is 0.305 e. The Hall–Kier alpha value is 0.120. The molecule has 0 spiro atoms. The van der Waals surface area contributed by atoms with Gasteiger partial charge in [-0.05, 0) is 23.7 Å². The van der Waals surface area contributed by atoms with Gasteiger partial charge >= 0.3 is 5.97 Å². The highest BCUT2D eigenvalue weighted by Crippen LogP contribution is 2.02. The van der Waals surface area contributed by atoms with E-state index < -0.39 is 0 Å². The zero-order chi connectivity index (χ0) is 15.6. The molecule has 0 amide bonds. The fraction of sp³-hybridized carbons (Fsp3) is 0.938. The van der Waals surface area contributed by atoms with Crippen molar-refractivity contribution in [2.24, 2.45) is 0 Å². The van der Waals surface area contributed by atoms with Crippen LogP contribution in [0.25, 0.3) is 0 Å². The molecular weight excluding hydrogens is 383 g/mol. The van der Waals surface area contributed by atoms with Gasteiger partial charge in [-0.1, -0.05) is 55.2 Å². The van der Waals surface area contributed by atoms with Gasteiger partial charge in [-0.25, -0.2) is 0 Å². The highest BCUT2D eigenvalue weighted by molar-refractivity contribution is 14.1. The van der Waals surface area contributed by atoms with Crippen LogP contribution in [0.15, 0.2) is 0 Å². The quantitative estimate of drug-likeness (QED) is 0.165. The average molecular weight is 414 g/mol. The van der Waals surface area contributed by atoms with Crippen molar-refractivity contribution in [2.75, 3.05) is 37.5 Å². The predicted octanol–water partition coefficient (Wildman–Crippen LogP) is 4.14. The van der Waals surface area contributed by atoms with Crippen molar-refractivity contribution in [1.29, 1.82) is 0 Å². The molecule has 0 fully saturated rings. The summed E-state index contributed by atoms with van der Waals surface area (Å²) in [6.45, 7) is 4.93. The zero-order valence-electron chi connectivity index (χ0n) is 13.4. The third-order valence-corrected chi connectivity index (χ3v) is 3.78. The van der Waals surface area contributed by atoms with Gasteiger partial charge in [0.2, 0.25) is 0 Å². The summed E-state index contributed by atoms with van der Waals surface area (Å²) in [5.41, 5.74) is 0. The highest BCUT2D eigenvalue weighted by Gasteiger charge is 2.01. The van der Waals surface area contributed by atoms with E-state index in [2.05, 4.69) is 29.5 Å². The van der Waals surface area contributed by atoms with Gasteiger partial charge in [-0.2, -0.15) is 0 Å². The average Bonchev–Trinajstić information content (AvgIpc) is 2.48. The van der Waals surface area contributed by atoms with Crippen LogP contribution in [0, 0.1) is 0 Å². The topological polar surface area (TPSA) is 44.8 Å². The minimum Gasteiger partial charge on any atom is -0.463 e. The second-order valence-electron chi connectivity index (χ2n) is 5.01. The van der Waals surface area contributed by atoms with E-state index >= 15 is 0 Å². The first-order chi connectivity index (χ1) is 10.3. The largest absolute Gasteiger partial charge is 0.463 e. The van der Waals surface area contributed by atoms with E-state index in [0.29, 0.717) is 32.8 Å². The van der Waals surface area contributed by atoms with E-state index in [-0.39, 0.29) is 5.97 Å². The van der Waals surface area contributed by atoms with E-state index in [9.17, 15) is 4.79 Å². The molecule has 0 aromatic rings. The summed E-state index contributed by atoms with van der Waals surface area (Å²) in [5.74, 6) is -0.116. The number of ether oxygens (including phenoxy) is 3. The number of alkyl halides is 1. The second kappa shape index (κ2) is 18.2. The number of carbonyl (C=O) groups excluding carboxylic acids is 1. The number of esters is 1. The molecule has 0 heterocycles. The van der Waals surface area contributed by atoms with Crippen LogP contribution in [-0.2, 0) is 19.0 Å². The second-order valence-corrected chi connectivity index (χ2v) is 6.08. The van der Waals surface area contributed by atoms with Gasteiger partial charge in [-0.3, -0.25) is 4.79 Å². The fourth-order valence-electron chi connectivity index (χ4n) is 1.78. The molecule has 0 aromatic heterocycles. The molecule has 0 aliphatic carbocycles. The van der Waals surface area contributed by atoms with Crippen LogP contribution in [0.4, 0.5) is 0 Å². The molecule has 0 unspecified atom stereocenters. The van der Waals surface area contributed by atoms with Gasteiger partial charge in [0.1, 0.15) is 6.61 Å². The maximum absolute atomic E-state index is 11.3. The summed E-state index contributed by atoms with van der Waals surface area (Å²) in [7, 11) is 0. The molecular formula is C16H31IO4. The summed E-state index contributed by atoms with van der Waals surface area (Å²) >= 11 is 2.41. The van der Waals surface area contributed by atoms with E-state index in [4.69, 9.17) is 14.2 Å². The Kier molecular flexibility index (Phi) is 18.3. The number of rotatable bonds is 16. The molecule has 0 saturated heterocycles. The third-order valence-electron chi connectivity index (χ3n) is 3.02. The van der Waals surface area contributed by atoms with E-state index in [0.717, 1.165) is 32.3 Å². The summed E-state index contributed by atoms with van der Waals surface area (Å²) in [6.07, 6.45) is 8.63. The molecule has 0 N–H and O–H groups in total. The number of halogens is 1. The summed E-state index contributed by atoms with van der Waals surface area (Å²) < 4.78 is 17.1. The van der Waals surface area contributed by atoms with Crippen LogP contribution in [0.5, 0.6) is 0 Å². The molecule has 21 heavy (non-hydrogen) atoms. The molecule has 0 aliphatic heterocycles. The molecule has 0 radical (unpaired) electrons. The van der Waals surface area contributed by atoms with Gasteiger partial charge < -0.3 is 14.2 Å². The van der Waals surface area contributed by atoms with Gasteiger partial charge in [0.05, 0.1) is 19.8 Å². The van der Waals surface area contributed by atoms with Crippen molar-refractivity contribution in [3.63, 3.8) is 0 Å². The number of carbonyl (C=O) groups is 1. The SMILES string of the molecule is CCCCCC(=O)OCCOCCOCCCCCCI. The molecule has 0 aromatic carbocycles. The monoisotopic (exact) mass is 414 g/mol. The Labute approximate surface area is 143 Å². The maximum atomic E-state index is 11.3. The maximum Gasteiger partial charge on any atom is 0.305 e. The van der Waals surface area contributed by atoms with Gasteiger partial charge in [0.25, 0.3) is 0 Å². The van der Waals surface area contributed by atoms with E-state index in [1.54, 1.807) is 0 Å². The summed E-state index contributed by atoms with van der Waals surface area (Å²) in [5, 5.41) is 0. The van der Waals surface area contributed by atoms with Crippen molar-refractivity contribution < 1.29 is 19.0 Å². The van der Waals surface area contributed by atoms with Crippen LogP contribution in [0.2, 0.25) is 0 Å². The number of unbranched alkanes of at least 4 members (excludes halogenated alkanes) is 5. The Morgan fingerprint density at radius 1 is 0.810 bits per heavy atom. The summed E-state index contributed by atoms with van der Waals surface area (Å²) in [4.78, 5) is 11.3. The summed E-state index contributed by atoms with van der Waals surface area (Å²) in [6, 6.07) is 0. The number of hydrogen-bond acceptors (Lipinski definition) is 4. The minimum atomic E-state index is -0.116. The Morgan fingerprint density at radius 2 is 1.48 bits per heavy atom. The van der Waals surface area contributed by atoms with Crippen LogP contribution in [0.1, 0.15) is 58.3 Å². The third kappa shape index (κ3) is 18.1. The Bertz CT molecular complexity index is 224. The molecule has 5 heteroatoms.